The molecule has 3 aromatic rings. The van der Waals surface area contributed by atoms with Gasteiger partial charge in [-0.1, -0.05) is 24.3 Å². The van der Waals surface area contributed by atoms with Crippen LogP contribution in [0.3, 0.4) is 0 Å². The highest BCUT2D eigenvalue weighted by atomic mass is 32.2. The van der Waals surface area contributed by atoms with Gasteiger partial charge in [-0.2, -0.15) is 0 Å². The number of nitrogens with zero attached hydrogens (tertiary/aromatic N) is 1. The molecule has 34 heavy (non-hydrogen) atoms. The van der Waals surface area contributed by atoms with E-state index in [4.69, 9.17) is 9.47 Å². The maximum absolute atomic E-state index is 13.0. The Morgan fingerprint density at radius 2 is 1.53 bits per heavy atom. The third-order valence-electron chi connectivity index (χ3n) is 5.21. The van der Waals surface area contributed by atoms with Crippen molar-refractivity contribution in [1.82, 2.24) is 5.32 Å². The minimum absolute atomic E-state index is 0.0841. The molecule has 7 nitrogen and oxygen atoms in total. The highest BCUT2D eigenvalue weighted by Crippen LogP contribution is 2.33. The van der Waals surface area contributed by atoms with Crippen molar-refractivity contribution in [2.24, 2.45) is 0 Å². The number of sulfonamides is 1. The summed E-state index contributed by atoms with van der Waals surface area (Å²) in [5.41, 5.74) is 2.53. The molecule has 0 bridgehead atoms. The molecule has 9 heteroatoms. The number of carbonyl (C=O) groups excluding carboxylic acids is 1. The molecular formula is C25H27FN2O5S. The number of hydrogen-bond acceptors (Lipinski definition) is 5. The maximum atomic E-state index is 13.0. The summed E-state index contributed by atoms with van der Waals surface area (Å²) < 4.78 is 49.7. The predicted molar refractivity (Wildman–Crippen MR) is 129 cm³/mol. The number of anilines is 1. The molecule has 0 saturated heterocycles. The van der Waals surface area contributed by atoms with E-state index in [0.29, 0.717) is 41.3 Å². The van der Waals surface area contributed by atoms with Crippen LogP contribution in [0.15, 0.2) is 66.7 Å². The van der Waals surface area contributed by atoms with E-state index >= 15 is 0 Å². The summed E-state index contributed by atoms with van der Waals surface area (Å²) in [6.07, 6.45) is 1.71. The molecule has 0 aliphatic carbocycles. The summed E-state index contributed by atoms with van der Waals surface area (Å²) in [6.45, 7) is 0.494. The van der Waals surface area contributed by atoms with E-state index < -0.39 is 10.0 Å². The van der Waals surface area contributed by atoms with Crippen LogP contribution in [0.2, 0.25) is 0 Å². The Bertz CT molecular complexity index is 1230. The van der Waals surface area contributed by atoms with Crippen LogP contribution in [0.5, 0.6) is 11.5 Å². The minimum atomic E-state index is -3.59. The van der Waals surface area contributed by atoms with E-state index in [0.717, 1.165) is 11.8 Å². The first-order valence-corrected chi connectivity index (χ1v) is 12.4. The summed E-state index contributed by atoms with van der Waals surface area (Å²) in [6, 6.07) is 17.8. The van der Waals surface area contributed by atoms with Gasteiger partial charge in [0.2, 0.25) is 10.0 Å². The third-order valence-corrected chi connectivity index (χ3v) is 6.35. The van der Waals surface area contributed by atoms with E-state index in [1.807, 2.05) is 0 Å². The smallest absolute Gasteiger partial charge is 0.251 e. The van der Waals surface area contributed by atoms with Crippen LogP contribution < -0.4 is 19.1 Å². The van der Waals surface area contributed by atoms with Crippen molar-refractivity contribution in [1.29, 1.82) is 0 Å². The van der Waals surface area contributed by atoms with E-state index in [1.165, 1.54) is 30.7 Å². The molecule has 0 atom stereocenters. The molecule has 0 aliphatic heterocycles. The van der Waals surface area contributed by atoms with Crippen molar-refractivity contribution in [3.05, 3.63) is 89.2 Å². The van der Waals surface area contributed by atoms with Crippen molar-refractivity contribution >= 4 is 21.6 Å². The Kier molecular flexibility index (Phi) is 8.12. The molecule has 3 rings (SSSR count). The Balaban J connectivity index is 1.67. The van der Waals surface area contributed by atoms with Crippen LogP contribution in [-0.4, -0.2) is 41.3 Å². The highest BCUT2D eigenvalue weighted by molar-refractivity contribution is 7.92. The second-order valence-electron chi connectivity index (χ2n) is 7.64. The van der Waals surface area contributed by atoms with Gasteiger partial charge in [-0.15, -0.1) is 0 Å². The van der Waals surface area contributed by atoms with Gasteiger partial charge >= 0.3 is 0 Å². The van der Waals surface area contributed by atoms with E-state index in [9.17, 15) is 17.6 Å². The molecule has 0 unspecified atom stereocenters. The molecule has 0 saturated carbocycles. The van der Waals surface area contributed by atoms with Crippen molar-refractivity contribution in [2.75, 3.05) is 31.3 Å². The van der Waals surface area contributed by atoms with Gasteiger partial charge in [0, 0.05) is 18.2 Å². The molecule has 0 aliphatic rings. The zero-order valence-electron chi connectivity index (χ0n) is 19.2. The SMILES string of the molecule is COc1ccc(N(Cc2ccc(C(=O)NCCc3ccc(F)cc3)cc2)S(C)(=O)=O)cc1OC. The molecular weight excluding hydrogens is 459 g/mol. The largest absolute Gasteiger partial charge is 0.493 e. The lowest BCUT2D eigenvalue weighted by molar-refractivity contribution is 0.0954. The summed E-state index contributed by atoms with van der Waals surface area (Å²) in [5.74, 6) is 0.373. The van der Waals surface area contributed by atoms with Crippen LogP contribution in [0.1, 0.15) is 21.5 Å². The van der Waals surface area contributed by atoms with Crippen LogP contribution >= 0.6 is 0 Å². The van der Waals surface area contributed by atoms with Gasteiger partial charge in [0.25, 0.3) is 5.91 Å². The lowest BCUT2D eigenvalue weighted by Crippen LogP contribution is -2.29. The Labute approximate surface area is 199 Å². The van der Waals surface area contributed by atoms with Crippen molar-refractivity contribution in [3.63, 3.8) is 0 Å². The molecule has 0 aromatic heterocycles. The summed E-state index contributed by atoms with van der Waals surface area (Å²) in [4.78, 5) is 12.4. The predicted octanol–water partition coefficient (Wildman–Crippen LogP) is 3.78. The zero-order chi connectivity index (χ0) is 24.7. The lowest BCUT2D eigenvalue weighted by atomic mass is 10.1. The number of methoxy groups -OCH3 is 2. The fraction of sp³-hybridized carbons (Fsp3) is 0.240. The molecule has 180 valence electrons. The van der Waals surface area contributed by atoms with Crippen molar-refractivity contribution in [2.45, 2.75) is 13.0 Å². The van der Waals surface area contributed by atoms with Gasteiger partial charge in [0.15, 0.2) is 11.5 Å². The molecule has 0 spiro atoms. The average Bonchev–Trinajstić information content (AvgIpc) is 2.83. The van der Waals surface area contributed by atoms with Crippen LogP contribution in [0, 0.1) is 5.82 Å². The van der Waals surface area contributed by atoms with Crippen molar-refractivity contribution < 1.29 is 27.1 Å². The molecule has 1 N–H and O–H groups in total. The van der Waals surface area contributed by atoms with Crippen LogP contribution in [0.4, 0.5) is 10.1 Å². The number of rotatable bonds is 10. The van der Waals surface area contributed by atoms with E-state index in [-0.39, 0.29) is 18.3 Å². The van der Waals surface area contributed by atoms with Gasteiger partial charge in [-0.05, 0) is 53.9 Å². The first-order chi connectivity index (χ1) is 16.2. The molecule has 0 fully saturated rings. The van der Waals surface area contributed by atoms with Gasteiger partial charge in [0.1, 0.15) is 5.82 Å². The first-order valence-electron chi connectivity index (χ1n) is 10.5. The number of carbonyl (C=O) groups is 1. The number of ether oxygens (including phenoxy) is 2. The fourth-order valence-electron chi connectivity index (χ4n) is 3.38. The highest BCUT2D eigenvalue weighted by Gasteiger charge is 2.20. The molecule has 3 aromatic carbocycles. The first kappa shape index (κ1) is 25.0. The fourth-order valence-corrected chi connectivity index (χ4v) is 4.26. The number of benzene rings is 3. The van der Waals surface area contributed by atoms with Gasteiger partial charge in [0.05, 0.1) is 32.7 Å². The van der Waals surface area contributed by atoms with Gasteiger partial charge in [-0.3, -0.25) is 9.10 Å². The molecule has 1 amide bonds. The Hall–Kier alpha value is -3.59. The zero-order valence-corrected chi connectivity index (χ0v) is 20.1. The topological polar surface area (TPSA) is 84.9 Å². The molecule has 0 radical (unpaired) electrons. The standard InChI is InChI=1S/C25H27FN2O5S/c1-32-23-13-12-22(16-24(23)33-2)28(34(3,30)31)17-19-4-8-20(9-5-19)25(29)27-15-14-18-6-10-21(26)11-7-18/h4-13,16H,14-15,17H2,1-3H3,(H,27,29). The monoisotopic (exact) mass is 486 g/mol. The van der Waals surface area contributed by atoms with E-state index in [1.54, 1.807) is 54.6 Å². The molecule has 0 heterocycles. The number of nitrogens with one attached hydrogen (secondary N) is 1. The average molecular weight is 487 g/mol. The third kappa shape index (κ3) is 6.48. The number of halogens is 1. The second kappa shape index (κ2) is 11.0. The number of hydrogen-bond donors (Lipinski definition) is 1. The Morgan fingerprint density at radius 1 is 0.912 bits per heavy atom. The minimum Gasteiger partial charge on any atom is -0.493 e. The second-order valence-corrected chi connectivity index (χ2v) is 9.55. The van der Waals surface area contributed by atoms with Gasteiger partial charge in [-0.25, -0.2) is 12.8 Å². The normalized spacial score (nSPS) is 11.1. The summed E-state index contributed by atoms with van der Waals surface area (Å²) in [5, 5.41) is 2.83. The van der Waals surface area contributed by atoms with Crippen molar-refractivity contribution in [3.8, 4) is 11.5 Å². The lowest BCUT2D eigenvalue weighted by Gasteiger charge is -2.23. The van der Waals surface area contributed by atoms with E-state index in [2.05, 4.69) is 5.32 Å². The van der Waals surface area contributed by atoms with Crippen LogP contribution in [-0.2, 0) is 23.0 Å². The van der Waals surface area contributed by atoms with Crippen LogP contribution in [0.25, 0.3) is 0 Å². The Morgan fingerprint density at radius 3 is 2.12 bits per heavy atom. The quantitative estimate of drug-likeness (QED) is 0.472. The number of amides is 1. The maximum Gasteiger partial charge on any atom is 0.251 e. The summed E-state index contributed by atoms with van der Waals surface area (Å²) >= 11 is 0. The summed E-state index contributed by atoms with van der Waals surface area (Å²) in [7, 11) is -0.606. The van der Waals surface area contributed by atoms with Gasteiger partial charge < -0.3 is 14.8 Å².